The van der Waals surface area contributed by atoms with Gasteiger partial charge in [-0.25, -0.2) is 0 Å². The van der Waals surface area contributed by atoms with Gasteiger partial charge in [-0.05, 0) is 31.2 Å². The number of rotatable bonds is 5. The number of carbonyl (C=O) groups is 3. The summed E-state index contributed by atoms with van der Waals surface area (Å²) >= 11 is 1.69. The number of thioether (sulfide) groups is 1. The van der Waals surface area contributed by atoms with Gasteiger partial charge in [-0.3, -0.25) is 19.7 Å². The lowest BCUT2D eigenvalue weighted by atomic mass is 10.1. The van der Waals surface area contributed by atoms with Gasteiger partial charge in [-0.15, -0.1) is 11.8 Å². The van der Waals surface area contributed by atoms with Crippen molar-refractivity contribution >= 4 is 29.5 Å². The van der Waals surface area contributed by atoms with Crippen LogP contribution >= 0.6 is 11.8 Å². The molecule has 0 spiro atoms. The molecule has 1 saturated heterocycles. The topological polar surface area (TPSA) is 66.5 Å². The Labute approximate surface area is 128 Å². The largest absolute Gasteiger partial charge is 0.322 e. The average Bonchev–Trinajstić information content (AvgIpc) is 2.48. The molecule has 1 fully saturated rings. The van der Waals surface area contributed by atoms with Crippen molar-refractivity contribution in [2.75, 3.05) is 12.3 Å². The maximum Gasteiger partial charge on any atom is 0.249 e. The summed E-state index contributed by atoms with van der Waals surface area (Å²) in [6, 6.07) is 9.41. The van der Waals surface area contributed by atoms with Gasteiger partial charge in [0.15, 0.2) is 0 Å². The lowest BCUT2D eigenvalue weighted by molar-refractivity contribution is -0.149. The summed E-state index contributed by atoms with van der Waals surface area (Å²) in [5.41, 5.74) is 0. The van der Waals surface area contributed by atoms with E-state index in [-0.39, 0.29) is 12.5 Å². The van der Waals surface area contributed by atoms with Crippen LogP contribution in [0.4, 0.5) is 0 Å². The molecule has 1 aliphatic heterocycles. The molecule has 5 nitrogen and oxygen atoms in total. The quantitative estimate of drug-likeness (QED) is 0.508. The minimum atomic E-state index is -0.572. The zero-order valence-corrected chi connectivity index (χ0v) is 12.7. The average molecular weight is 306 g/mol. The van der Waals surface area contributed by atoms with Gasteiger partial charge in [-0.2, -0.15) is 0 Å². The van der Waals surface area contributed by atoms with Crippen molar-refractivity contribution in [1.29, 1.82) is 0 Å². The summed E-state index contributed by atoms with van der Waals surface area (Å²) in [5.74, 6) is -0.124. The van der Waals surface area contributed by atoms with Gasteiger partial charge in [0, 0.05) is 11.3 Å². The molecule has 1 aliphatic rings. The zero-order valence-electron chi connectivity index (χ0n) is 11.9. The molecule has 112 valence electrons. The van der Waals surface area contributed by atoms with E-state index in [2.05, 4.69) is 5.32 Å². The van der Waals surface area contributed by atoms with Crippen molar-refractivity contribution in [2.45, 2.75) is 30.7 Å². The van der Waals surface area contributed by atoms with Crippen LogP contribution in [0.2, 0.25) is 0 Å². The second kappa shape index (κ2) is 7.26. The third kappa shape index (κ3) is 4.32. The fourth-order valence-corrected chi connectivity index (χ4v) is 2.97. The molecule has 2 rings (SSSR count). The van der Waals surface area contributed by atoms with Crippen LogP contribution in [0, 0.1) is 0 Å². The van der Waals surface area contributed by atoms with Gasteiger partial charge in [0.2, 0.25) is 17.7 Å². The molecule has 1 unspecified atom stereocenters. The fourth-order valence-electron chi connectivity index (χ4n) is 2.09. The number of piperazine rings is 1. The Morgan fingerprint density at radius 2 is 2.05 bits per heavy atom. The number of amides is 3. The summed E-state index contributed by atoms with van der Waals surface area (Å²) < 4.78 is 0. The Morgan fingerprint density at radius 1 is 1.33 bits per heavy atom. The normalized spacial score (nSPS) is 18.5. The molecule has 0 aliphatic carbocycles. The number of nitrogens with one attached hydrogen (secondary N) is 1. The van der Waals surface area contributed by atoms with Crippen LogP contribution in [-0.2, 0) is 14.4 Å². The number of hydrogen-bond acceptors (Lipinski definition) is 4. The smallest absolute Gasteiger partial charge is 0.249 e. The Morgan fingerprint density at radius 3 is 2.76 bits per heavy atom. The van der Waals surface area contributed by atoms with Crippen LogP contribution < -0.4 is 5.32 Å². The Hall–Kier alpha value is -1.82. The number of nitrogens with zero attached hydrogens (tertiary/aromatic N) is 1. The first-order valence-corrected chi connectivity index (χ1v) is 7.87. The van der Waals surface area contributed by atoms with Crippen molar-refractivity contribution in [2.24, 2.45) is 0 Å². The van der Waals surface area contributed by atoms with Crippen LogP contribution in [0.25, 0.3) is 0 Å². The predicted octanol–water partition coefficient (Wildman–Crippen LogP) is 1.43. The summed E-state index contributed by atoms with van der Waals surface area (Å²) in [6.07, 6.45) is 1.07. The van der Waals surface area contributed by atoms with E-state index in [9.17, 15) is 14.4 Å². The molecular formula is C15H18N2O3S. The van der Waals surface area contributed by atoms with Crippen LogP contribution in [0.15, 0.2) is 35.2 Å². The molecule has 1 N–H and O–H groups in total. The van der Waals surface area contributed by atoms with Crippen molar-refractivity contribution in [3.8, 4) is 0 Å². The van der Waals surface area contributed by atoms with E-state index in [0.29, 0.717) is 6.42 Å². The lowest BCUT2D eigenvalue weighted by Gasteiger charge is -2.31. The Balaban J connectivity index is 1.76. The van der Waals surface area contributed by atoms with E-state index in [1.807, 2.05) is 30.3 Å². The molecule has 3 amide bonds. The molecule has 1 heterocycles. The number of carbonyl (C=O) groups excluding carboxylic acids is 3. The fraction of sp³-hybridized carbons (Fsp3) is 0.400. The molecule has 0 aromatic heterocycles. The summed E-state index contributed by atoms with van der Waals surface area (Å²) in [5, 5.41) is 2.23. The first-order valence-electron chi connectivity index (χ1n) is 6.89. The third-order valence-electron chi connectivity index (χ3n) is 3.29. The highest BCUT2D eigenvalue weighted by Crippen LogP contribution is 2.19. The van der Waals surface area contributed by atoms with Crippen LogP contribution in [-0.4, -0.2) is 41.0 Å². The number of imide groups is 1. The van der Waals surface area contributed by atoms with E-state index in [1.54, 1.807) is 18.7 Å². The minimum absolute atomic E-state index is 0.0302. The van der Waals surface area contributed by atoms with Crippen molar-refractivity contribution in [3.05, 3.63) is 30.3 Å². The van der Waals surface area contributed by atoms with Gasteiger partial charge in [0.1, 0.15) is 12.6 Å². The third-order valence-corrected chi connectivity index (χ3v) is 4.39. The van der Waals surface area contributed by atoms with Gasteiger partial charge < -0.3 is 4.90 Å². The Kier molecular flexibility index (Phi) is 5.38. The monoisotopic (exact) mass is 306 g/mol. The van der Waals surface area contributed by atoms with Gasteiger partial charge in [0.25, 0.3) is 0 Å². The summed E-state index contributed by atoms with van der Waals surface area (Å²) in [6.45, 7) is 1.61. The van der Waals surface area contributed by atoms with E-state index >= 15 is 0 Å². The van der Waals surface area contributed by atoms with Gasteiger partial charge in [0.05, 0.1) is 0 Å². The van der Waals surface area contributed by atoms with Crippen LogP contribution in [0.3, 0.4) is 0 Å². The van der Waals surface area contributed by atoms with Gasteiger partial charge in [-0.1, -0.05) is 18.2 Å². The molecule has 1 aromatic rings. The zero-order chi connectivity index (χ0) is 15.2. The minimum Gasteiger partial charge on any atom is -0.322 e. The maximum atomic E-state index is 12.1. The van der Waals surface area contributed by atoms with Crippen LogP contribution in [0.1, 0.15) is 19.8 Å². The molecule has 0 saturated carbocycles. The number of hydrogen-bond donors (Lipinski definition) is 1. The molecule has 21 heavy (non-hydrogen) atoms. The standard InChI is InChI=1S/C15H18N2O3S/c1-11-15(20)16-13(18)10-17(11)14(19)8-5-9-21-12-6-3-2-4-7-12/h2-4,6-7,11H,5,8-10H2,1H3,(H,16,18,20). The molecule has 1 atom stereocenters. The highest BCUT2D eigenvalue weighted by Gasteiger charge is 2.32. The highest BCUT2D eigenvalue weighted by molar-refractivity contribution is 7.99. The number of benzene rings is 1. The molecule has 6 heteroatoms. The van der Waals surface area contributed by atoms with Crippen molar-refractivity contribution in [3.63, 3.8) is 0 Å². The molecule has 0 radical (unpaired) electrons. The summed E-state index contributed by atoms with van der Waals surface area (Å²) in [4.78, 5) is 37.4. The SMILES string of the molecule is CC1C(=O)NC(=O)CN1C(=O)CCCSc1ccccc1. The lowest BCUT2D eigenvalue weighted by Crippen LogP contribution is -2.58. The van der Waals surface area contributed by atoms with Gasteiger partial charge >= 0.3 is 0 Å². The van der Waals surface area contributed by atoms with E-state index in [1.165, 1.54) is 9.80 Å². The van der Waals surface area contributed by atoms with E-state index < -0.39 is 17.9 Å². The van der Waals surface area contributed by atoms with Crippen LogP contribution in [0.5, 0.6) is 0 Å². The molecule has 0 bridgehead atoms. The maximum absolute atomic E-state index is 12.1. The molecule has 1 aromatic carbocycles. The predicted molar refractivity (Wildman–Crippen MR) is 80.7 cm³/mol. The first-order chi connectivity index (χ1) is 10.1. The Bertz CT molecular complexity index is 533. The van der Waals surface area contributed by atoms with Crippen molar-refractivity contribution in [1.82, 2.24) is 10.2 Å². The second-order valence-corrected chi connectivity index (χ2v) is 6.04. The second-order valence-electron chi connectivity index (χ2n) is 4.88. The molecular weight excluding hydrogens is 288 g/mol. The van der Waals surface area contributed by atoms with E-state index in [0.717, 1.165) is 12.2 Å². The van der Waals surface area contributed by atoms with Crippen molar-refractivity contribution < 1.29 is 14.4 Å². The van der Waals surface area contributed by atoms with E-state index in [4.69, 9.17) is 0 Å². The summed E-state index contributed by atoms with van der Waals surface area (Å²) in [7, 11) is 0. The highest BCUT2D eigenvalue weighted by atomic mass is 32.2. The first kappa shape index (κ1) is 15.6.